The molecule has 0 bridgehead atoms. The first-order valence-electron chi connectivity index (χ1n) is 9.33. The number of nitrogens with zero attached hydrogens (tertiary/aromatic N) is 2. The fraction of sp³-hybridized carbons (Fsp3) is 0.130. The van der Waals surface area contributed by atoms with Crippen LogP contribution in [0.15, 0.2) is 71.7 Å². The van der Waals surface area contributed by atoms with Crippen LogP contribution in [0.2, 0.25) is 0 Å². The maximum absolute atomic E-state index is 13.4. The largest absolute Gasteiger partial charge is 0.350 e. The third-order valence-electron chi connectivity index (χ3n) is 5.59. The summed E-state index contributed by atoms with van der Waals surface area (Å²) in [4.78, 5) is 31.3. The van der Waals surface area contributed by atoms with Gasteiger partial charge in [-0.15, -0.1) is 0 Å². The zero-order valence-corrected chi connectivity index (χ0v) is 16.0. The molecule has 1 aliphatic rings. The summed E-state index contributed by atoms with van der Waals surface area (Å²) in [6.45, 7) is 1.71. The summed E-state index contributed by atoms with van der Waals surface area (Å²) in [6, 6.07) is 19.1. The first kappa shape index (κ1) is 17.5. The lowest BCUT2D eigenvalue weighted by Gasteiger charge is -2.32. The summed E-state index contributed by atoms with van der Waals surface area (Å²) < 4.78 is 7.12. The molecule has 5 rings (SSSR count). The van der Waals surface area contributed by atoms with Crippen LogP contribution in [0.5, 0.6) is 0 Å². The minimum atomic E-state index is -1.26. The van der Waals surface area contributed by atoms with Crippen molar-refractivity contribution in [1.29, 1.82) is 0 Å². The van der Waals surface area contributed by atoms with E-state index in [9.17, 15) is 9.59 Å². The summed E-state index contributed by atoms with van der Waals surface area (Å²) in [5, 5.41) is 1.64. The SMILES string of the molecule is CO[C@@]1(C)N(/C=C/c2ccccc2)C(=O)c2cc3c([nH]c4ccccc43)c(=O)n21. The van der Waals surface area contributed by atoms with Crippen LogP contribution < -0.4 is 5.56 Å². The van der Waals surface area contributed by atoms with Crippen molar-refractivity contribution in [3.63, 3.8) is 0 Å². The molecule has 0 saturated heterocycles. The second-order valence-electron chi connectivity index (χ2n) is 7.17. The number of amides is 1. The minimum absolute atomic E-state index is 0.286. The summed E-state index contributed by atoms with van der Waals surface area (Å²) in [5.74, 6) is -1.55. The summed E-state index contributed by atoms with van der Waals surface area (Å²) in [5.41, 5.74) is 2.27. The number of pyridine rings is 1. The smallest absolute Gasteiger partial charge is 0.279 e. The molecule has 29 heavy (non-hydrogen) atoms. The molecule has 1 amide bonds. The zero-order chi connectivity index (χ0) is 20.2. The Balaban J connectivity index is 1.72. The topological polar surface area (TPSA) is 67.3 Å². The first-order chi connectivity index (χ1) is 14.0. The average molecular weight is 385 g/mol. The minimum Gasteiger partial charge on any atom is -0.350 e. The molecule has 2 aromatic heterocycles. The van der Waals surface area contributed by atoms with Gasteiger partial charge in [0.05, 0.1) is 0 Å². The Bertz CT molecular complexity index is 1350. The summed E-state index contributed by atoms with van der Waals surface area (Å²) >= 11 is 0. The monoisotopic (exact) mass is 385 g/mol. The van der Waals surface area contributed by atoms with Gasteiger partial charge in [0.25, 0.3) is 11.5 Å². The molecule has 2 aromatic carbocycles. The molecule has 1 aliphatic heterocycles. The van der Waals surface area contributed by atoms with Crippen molar-refractivity contribution in [2.75, 3.05) is 7.11 Å². The second-order valence-corrected chi connectivity index (χ2v) is 7.17. The van der Waals surface area contributed by atoms with Gasteiger partial charge in [0.2, 0.25) is 5.85 Å². The van der Waals surface area contributed by atoms with Crippen LogP contribution in [0.25, 0.3) is 27.9 Å². The third kappa shape index (κ3) is 2.39. The van der Waals surface area contributed by atoms with Gasteiger partial charge in [-0.3, -0.25) is 19.1 Å². The molecular weight excluding hydrogens is 366 g/mol. The second kappa shape index (κ2) is 6.18. The number of fused-ring (bicyclic) bond motifs is 4. The predicted octanol–water partition coefficient (Wildman–Crippen LogP) is 3.89. The van der Waals surface area contributed by atoms with E-state index in [1.165, 1.54) is 16.6 Å². The maximum Gasteiger partial charge on any atom is 0.279 e. The number of rotatable bonds is 3. The van der Waals surface area contributed by atoms with E-state index in [0.29, 0.717) is 11.2 Å². The van der Waals surface area contributed by atoms with Crippen LogP contribution >= 0.6 is 0 Å². The van der Waals surface area contributed by atoms with Crippen LogP contribution in [0, 0.1) is 0 Å². The molecule has 6 heteroatoms. The number of ether oxygens (including phenoxy) is 1. The van der Waals surface area contributed by atoms with E-state index < -0.39 is 5.85 Å². The molecule has 0 radical (unpaired) electrons. The fourth-order valence-corrected chi connectivity index (χ4v) is 4.01. The highest BCUT2D eigenvalue weighted by atomic mass is 16.5. The Morgan fingerprint density at radius 2 is 1.72 bits per heavy atom. The zero-order valence-electron chi connectivity index (χ0n) is 16.0. The highest BCUT2D eigenvalue weighted by molar-refractivity contribution is 6.09. The average Bonchev–Trinajstić information content (AvgIpc) is 3.22. The van der Waals surface area contributed by atoms with Crippen molar-refractivity contribution in [2.24, 2.45) is 0 Å². The number of carbonyl (C=O) groups is 1. The Kier molecular flexibility index (Phi) is 3.72. The fourth-order valence-electron chi connectivity index (χ4n) is 4.01. The van der Waals surface area contributed by atoms with E-state index >= 15 is 0 Å². The van der Waals surface area contributed by atoms with Gasteiger partial charge in [0.1, 0.15) is 11.2 Å². The number of aromatic amines is 1. The molecule has 1 atom stereocenters. The number of nitrogens with one attached hydrogen (secondary N) is 1. The molecule has 0 spiro atoms. The lowest BCUT2D eigenvalue weighted by Crippen LogP contribution is -2.46. The highest BCUT2D eigenvalue weighted by Gasteiger charge is 2.47. The molecule has 0 saturated carbocycles. The van der Waals surface area contributed by atoms with E-state index in [0.717, 1.165) is 21.9 Å². The summed E-state index contributed by atoms with van der Waals surface area (Å²) in [6.07, 6.45) is 3.49. The molecule has 6 nitrogen and oxygen atoms in total. The first-order valence-corrected chi connectivity index (χ1v) is 9.33. The normalized spacial score (nSPS) is 19.0. The van der Waals surface area contributed by atoms with Gasteiger partial charge < -0.3 is 9.72 Å². The van der Waals surface area contributed by atoms with Crippen LogP contribution in [-0.2, 0) is 10.6 Å². The van der Waals surface area contributed by atoms with Gasteiger partial charge >= 0.3 is 0 Å². The number of hydrogen-bond donors (Lipinski definition) is 1. The van der Waals surface area contributed by atoms with Gasteiger partial charge in [0.15, 0.2) is 0 Å². The lowest BCUT2D eigenvalue weighted by atomic mass is 10.1. The Morgan fingerprint density at radius 3 is 2.48 bits per heavy atom. The molecular formula is C23H19N3O3. The number of H-pyrrole nitrogens is 1. The number of methoxy groups -OCH3 is 1. The molecule has 0 aliphatic carbocycles. The molecule has 144 valence electrons. The molecule has 0 fully saturated rings. The van der Waals surface area contributed by atoms with Gasteiger partial charge in [-0.1, -0.05) is 48.5 Å². The van der Waals surface area contributed by atoms with Crippen LogP contribution in [-0.4, -0.2) is 27.5 Å². The van der Waals surface area contributed by atoms with Crippen molar-refractivity contribution >= 4 is 33.8 Å². The van der Waals surface area contributed by atoms with Gasteiger partial charge in [-0.2, -0.15) is 0 Å². The van der Waals surface area contributed by atoms with Crippen molar-refractivity contribution < 1.29 is 9.53 Å². The quantitative estimate of drug-likeness (QED) is 0.582. The standard InChI is InChI=1S/C23H19N3O3/c1-23(29-2)25(13-12-15-8-4-3-5-9-15)21(27)19-14-17-16-10-6-7-11-18(16)24-20(17)22(28)26(19)23/h3-14,24H,1-2H3/b13-12+/t23-/m0/s1. The van der Waals surface area contributed by atoms with Gasteiger partial charge in [-0.25, -0.2) is 0 Å². The molecule has 4 aromatic rings. The van der Waals surface area contributed by atoms with Crippen molar-refractivity contribution in [1.82, 2.24) is 14.5 Å². The third-order valence-corrected chi connectivity index (χ3v) is 5.59. The van der Waals surface area contributed by atoms with E-state index in [1.54, 1.807) is 19.2 Å². The number of hydrogen-bond acceptors (Lipinski definition) is 3. The summed E-state index contributed by atoms with van der Waals surface area (Å²) in [7, 11) is 1.49. The van der Waals surface area contributed by atoms with Gasteiger partial charge in [-0.05, 0) is 23.8 Å². The molecule has 3 heterocycles. The van der Waals surface area contributed by atoms with Gasteiger partial charge in [0, 0.05) is 36.5 Å². The Morgan fingerprint density at radius 1 is 1.00 bits per heavy atom. The van der Waals surface area contributed by atoms with Crippen molar-refractivity contribution in [3.05, 3.63) is 88.5 Å². The van der Waals surface area contributed by atoms with Crippen LogP contribution in [0.4, 0.5) is 0 Å². The number of aromatic nitrogens is 2. The Labute approximate surface area is 166 Å². The van der Waals surface area contributed by atoms with Crippen molar-refractivity contribution in [2.45, 2.75) is 12.8 Å². The van der Waals surface area contributed by atoms with Crippen LogP contribution in [0.1, 0.15) is 23.0 Å². The number of benzene rings is 2. The lowest BCUT2D eigenvalue weighted by molar-refractivity contribution is -0.135. The number of para-hydroxylation sites is 1. The van der Waals surface area contributed by atoms with E-state index in [4.69, 9.17) is 4.74 Å². The highest BCUT2D eigenvalue weighted by Crippen LogP contribution is 2.35. The predicted molar refractivity (Wildman–Crippen MR) is 112 cm³/mol. The van der Waals surface area contributed by atoms with E-state index in [-0.39, 0.29) is 11.5 Å². The maximum atomic E-state index is 13.4. The van der Waals surface area contributed by atoms with E-state index in [2.05, 4.69) is 4.98 Å². The van der Waals surface area contributed by atoms with Crippen LogP contribution in [0.3, 0.4) is 0 Å². The number of carbonyl (C=O) groups excluding carboxylic acids is 1. The molecule has 1 N–H and O–H groups in total. The van der Waals surface area contributed by atoms with Crippen molar-refractivity contribution in [3.8, 4) is 0 Å². The molecule has 0 unspecified atom stereocenters. The van der Waals surface area contributed by atoms with E-state index in [1.807, 2.05) is 60.7 Å². The Hall–Kier alpha value is -3.64.